The predicted octanol–water partition coefficient (Wildman–Crippen LogP) is 3.84. The van der Waals surface area contributed by atoms with Crippen molar-refractivity contribution in [3.8, 4) is 0 Å². The van der Waals surface area contributed by atoms with Crippen LogP contribution in [0, 0.1) is 6.92 Å². The molecule has 8 heteroatoms. The molecule has 1 amide bonds. The SMILES string of the molecule is Cc1c(Cl)cccc1N(CCCC(=O)NCCCN(C)c1ccccc1)S(C)(=O)=O. The lowest BCUT2D eigenvalue weighted by Gasteiger charge is -2.24. The number of carbonyl (C=O) groups excluding carboxylic acids is 1. The van der Waals surface area contributed by atoms with Gasteiger partial charge in [-0.2, -0.15) is 0 Å². The van der Waals surface area contributed by atoms with Crippen LogP contribution in [0.3, 0.4) is 0 Å². The van der Waals surface area contributed by atoms with Gasteiger partial charge in [0.15, 0.2) is 0 Å². The number of nitrogens with zero attached hydrogens (tertiary/aromatic N) is 2. The monoisotopic (exact) mass is 451 g/mol. The van der Waals surface area contributed by atoms with E-state index in [-0.39, 0.29) is 18.9 Å². The number of hydrogen-bond acceptors (Lipinski definition) is 4. The quantitative estimate of drug-likeness (QED) is 0.527. The van der Waals surface area contributed by atoms with Crippen molar-refractivity contribution in [2.75, 3.05) is 42.1 Å². The first-order valence-electron chi connectivity index (χ1n) is 9.96. The van der Waals surface area contributed by atoms with Crippen molar-refractivity contribution in [3.05, 3.63) is 59.1 Å². The summed E-state index contributed by atoms with van der Waals surface area (Å²) in [5.41, 5.74) is 2.40. The zero-order valence-corrected chi connectivity index (χ0v) is 19.3. The fourth-order valence-electron chi connectivity index (χ4n) is 3.16. The van der Waals surface area contributed by atoms with Gasteiger partial charge in [0, 0.05) is 43.8 Å². The first-order chi connectivity index (χ1) is 14.2. The van der Waals surface area contributed by atoms with Gasteiger partial charge >= 0.3 is 0 Å². The van der Waals surface area contributed by atoms with Gasteiger partial charge in [-0.3, -0.25) is 9.10 Å². The van der Waals surface area contributed by atoms with E-state index in [0.29, 0.717) is 29.2 Å². The van der Waals surface area contributed by atoms with Crippen molar-refractivity contribution in [2.45, 2.75) is 26.2 Å². The summed E-state index contributed by atoms with van der Waals surface area (Å²) in [5, 5.41) is 3.42. The maximum absolute atomic E-state index is 12.2. The molecule has 30 heavy (non-hydrogen) atoms. The fourth-order valence-corrected chi connectivity index (χ4v) is 4.34. The van der Waals surface area contributed by atoms with Crippen LogP contribution in [0.15, 0.2) is 48.5 Å². The van der Waals surface area contributed by atoms with Crippen LogP contribution in [-0.4, -0.2) is 47.3 Å². The van der Waals surface area contributed by atoms with Gasteiger partial charge < -0.3 is 10.2 Å². The summed E-state index contributed by atoms with van der Waals surface area (Å²) in [5.74, 6) is -0.0753. The molecule has 0 heterocycles. The molecule has 0 saturated heterocycles. The molecule has 164 valence electrons. The molecule has 0 aliphatic carbocycles. The van der Waals surface area contributed by atoms with Crippen LogP contribution >= 0.6 is 11.6 Å². The number of halogens is 1. The van der Waals surface area contributed by atoms with Gasteiger partial charge in [0.05, 0.1) is 11.9 Å². The number of hydrogen-bond donors (Lipinski definition) is 1. The summed E-state index contributed by atoms with van der Waals surface area (Å²) in [4.78, 5) is 14.3. The van der Waals surface area contributed by atoms with E-state index in [0.717, 1.165) is 24.9 Å². The Balaban J connectivity index is 1.77. The number of amides is 1. The maximum Gasteiger partial charge on any atom is 0.232 e. The van der Waals surface area contributed by atoms with E-state index < -0.39 is 10.0 Å². The fraction of sp³-hybridized carbons (Fsp3) is 0.409. The molecule has 0 bridgehead atoms. The molecular formula is C22H30ClN3O3S. The highest BCUT2D eigenvalue weighted by molar-refractivity contribution is 7.92. The van der Waals surface area contributed by atoms with E-state index in [1.807, 2.05) is 37.4 Å². The van der Waals surface area contributed by atoms with Crippen LogP contribution in [0.25, 0.3) is 0 Å². The number of nitrogens with one attached hydrogen (secondary N) is 1. The average molecular weight is 452 g/mol. The van der Waals surface area contributed by atoms with Gasteiger partial charge in [0.2, 0.25) is 15.9 Å². The van der Waals surface area contributed by atoms with Crippen molar-refractivity contribution in [1.29, 1.82) is 0 Å². The Morgan fingerprint density at radius 3 is 2.40 bits per heavy atom. The summed E-state index contributed by atoms with van der Waals surface area (Å²) in [6.07, 6.45) is 2.68. The van der Waals surface area contributed by atoms with E-state index in [9.17, 15) is 13.2 Å². The average Bonchev–Trinajstić information content (AvgIpc) is 2.70. The number of carbonyl (C=O) groups is 1. The lowest BCUT2D eigenvalue weighted by molar-refractivity contribution is -0.121. The minimum Gasteiger partial charge on any atom is -0.375 e. The van der Waals surface area contributed by atoms with E-state index in [2.05, 4.69) is 10.2 Å². The first-order valence-corrected chi connectivity index (χ1v) is 12.2. The van der Waals surface area contributed by atoms with Crippen LogP contribution in [0.1, 0.15) is 24.8 Å². The van der Waals surface area contributed by atoms with Gasteiger partial charge in [-0.1, -0.05) is 35.9 Å². The summed E-state index contributed by atoms with van der Waals surface area (Å²) in [7, 11) is -1.45. The highest BCUT2D eigenvalue weighted by Crippen LogP contribution is 2.28. The Morgan fingerprint density at radius 1 is 1.03 bits per heavy atom. The molecule has 0 aromatic heterocycles. The van der Waals surface area contributed by atoms with Gasteiger partial charge in [0.25, 0.3) is 0 Å². The van der Waals surface area contributed by atoms with E-state index in [1.54, 1.807) is 25.1 Å². The molecule has 0 saturated carbocycles. The third-order valence-corrected chi connectivity index (χ3v) is 6.45. The third-order valence-electron chi connectivity index (χ3n) is 4.86. The van der Waals surface area contributed by atoms with Crippen molar-refractivity contribution < 1.29 is 13.2 Å². The molecular weight excluding hydrogens is 422 g/mol. The molecule has 0 unspecified atom stereocenters. The number of sulfonamides is 1. The Bertz CT molecular complexity index is 936. The molecule has 0 atom stereocenters. The minimum atomic E-state index is -3.47. The second kappa shape index (κ2) is 11.2. The number of para-hydroxylation sites is 1. The van der Waals surface area contributed by atoms with E-state index in [1.165, 1.54) is 4.31 Å². The largest absolute Gasteiger partial charge is 0.375 e. The number of anilines is 2. The van der Waals surface area contributed by atoms with E-state index >= 15 is 0 Å². The minimum absolute atomic E-state index is 0.0753. The zero-order valence-electron chi connectivity index (χ0n) is 17.8. The third kappa shape index (κ3) is 7.22. The standard InChI is InChI=1S/C22H30ClN3O3S/c1-18-20(23)12-7-13-21(18)26(30(3,28)29)17-8-14-22(27)24-15-9-16-25(2)19-10-5-4-6-11-19/h4-7,10-13H,8-9,14-17H2,1-3H3,(H,24,27). The molecule has 2 aromatic rings. The number of rotatable bonds is 11. The van der Waals surface area contributed by atoms with Gasteiger partial charge in [-0.05, 0) is 49.6 Å². The zero-order chi connectivity index (χ0) is 22.1. The lowest BCUT2D eigenvalue weighted by Crippen LogP contribution is -2.33. The summed E-state index contributed by atoms with van der Waals surface area (Å²) in [6.45, 7) is 3.43. The summed E-state index contributed by atoms with van der Waals surface area (Å²) in [6, 6.07) is 15.3. The van der Waals surface area contributed by atoms with E-state index in [4.69, 9.17) is 11.6 Å². The topological polar surface area (TPSA) is 69.7 Å². The summed E-state index contributed by atoms with van der Waals surface area (Å²) < 4.78 is 25.8. The molecule has 2 aromatic carbocycles. The predicted molar refractivity (Wildman–Crippen MR) is 125 cm³/mol. The van der Waals surface area contributed by atoms with Gasteiger partial charge in [0.1, 0.15) is 0 Å². The molecule has 1 N–H and O–H groups in total. The molecule has 0 fully saturated rings. The van der Waals surface area contributed by atoms with Crippen LogP contribution < -0.4 is 14.5 Å². The van der Waals surface area contributed by atoms with Gasteiger partial charge in [-0.25, -0.2) is 8.42 Å². The lowest BCUT2D eigenvalue weighted by atomic mass is 10.2. The normalized spacial score (nSPS) is 11.2. The number of benzene rings is 2. The second-order valence-electron chi connectivity index (χ2n) is 7.28. The first kappa shape index (κ1) is 24.0. The van der Waals surface area contributed by atoms with Crippen molar-refractivity contribution in [3.63, 3.8) is 0 Å². The molecule has 0 radical (unpaired) electrons. The second-order valence-corrected chi connectivity index (χ2v) is 9.60. The van der Waals surface area contributed by atoms with Crippen LogP contribution in [0.4, 0.5) is 11.4 Å². The highest BCUT2D eigenvalue weighted by atomic mass is 35.5. The highest BCUT2D eigenvalue weighted by Gasteiger charge is 2.20. The Morgan fingerprint density at radius 2 is 1.73 bits per heavy atom. The van der Waals surface area contributed by atoms with Crippen molar-refractivity contribution in [2.24, 2.45) is 0 Å². The van der Waals surface area contributed by atoms with Gasteiger partial charge in [-0.15, -0.1) is 0 Å². The Labute approximate surface area is 184 Å². The smallest absolute Gasteiger partial charge is 0.232 e. The van der Waals surface area contributed by atoms with Crippen LogP contribution in [0.5, 0.6) is 0 Å². The molecule has 0 aliphatic heterocycles. The van der Waals surface area contributed by atoms with Crippen molar-refractivity contribution in [1.82, 2.24) is 5.32 Å². The Hall–Kier alpha value is -2.25. The Kier molecular flexibility index (Phi) is 8.99. The van der Waals surface area contributed by atoms with Crippen LogP contribution in [0.2, 0.25) is 5.02 Å². The maximum atomic E-state index is 12.2. The summed E-state index contributed by atoms with van der Waals surface area (Å²) >= 11 is 6.14. The van der Waals surface area contributed by atoms with Crippen molar-refractivity contribution >= 4 is 38.9 Å². The molecule has 0 aliphatic rings. The molecule has 6 nitrogen and oxygen atoms in total. The molecule has 2 rings (SSSR count). The van der Waals surface area contributed by atoms with Crippen LogP contribution in [-0.2, 0) is 14.8 Å². The molecule has 0 spiro atoms.